The van der Waals surface area contributed by atoms with Crippen molar-refractivity contribution in [2.45, 2.75) is 24.3 Å². The van der Waals surface area contributed by atoms with Gasteiger partial charge >= 0.3 is 0 Å². The third-order valence-electron chi connectivity index (χ3n) is 3.32. The summed E-state index contributed by atoms with van der Waals surface area (Å²) in [5, 5.41) is 8.65. The minimum absolute atomic E-state index is 0.220. The summed E-state index contributed by atoms with van der Waals surface area (Å²) in [4.78, 5) is 0.243. The number of ether oxygens (including phenoxy) is 1. The van der Waals surface area contributed by atoms with Gasteiger partial charge in [0.05, 0.1) is 23.6 Å². The summed E-state index contributed by atoms with van der Waals surface area (Å²) in [7, 11) is -3.55. The first-order chi connectivity index (χ1) is 9.88. The van der Waals surface area contributed by atoms with E-state index in [-0.39, 0.29) is 11.5 Å². The number of hydrogen-bond acceptors (Lipinski definition) is 4. The molecule has 5 nitrogen and oxygen atoms in total. The molecule has 1 N–H and O–H groups in total. The van der Waals surface area contributed by atoms with Crippen LogP contribution in [0.25, 0.3) is 0 Å². The van der Waals surface area contributed by atoms with E-state index in [1.807, 2.05) is 13.8 Å². The molecule has 1 fully saturated rings. The zero-order valence-corrected chi connectivity index (χ0v) is 13.0. The van der Waals surface area contributed by atoms with Gasteiger partial charge in [0.15, 0.2) is 0 Å². The monoisotopic (exact) mass is 309 g/mol. The molecule has 0 aromatic heterocycles. The fraction of sp³-hybridized carbons (Fsp3) is 0.467. The molecule has 0 bridgehead atoms. The Hall–Kier alpha value is -1.39. The van der Waals surface area contributed by atoms with Gasteiger partial charge in [-0.05, 0) is 38.1 Å². The minimum Gasteiger partial charge on any atom is -0.384 e. The molecular weight excluding hydrogens is 290 g/mol. The van der Waals surface area contributed by atoms with Crippen LogP contribution in [-0.2, 0) is 14.8 Å². The maximum Gasteiger partial charge on any atom is 0.243 e. The first kappa shape index (κ1) is 16.0. The molecule has 1 aromatic rings. The highest BCUT2D eigenvalue weighted by molar-refractivity contribution is 7.89. The van der Waals surface area contributed by atoms with Gasteiger partial charge in [-0.3, -0.25) is 0 Å². The van der Waals surface area contributed by atoms with Gasteiger partial charge in [0.2, 0.25) is 10.0 Å². The second-order valence-electron chi connectivity index (χ2n) is 5.43. The van der Waals surface area contributed by atoms with Crippen molar-refractivity contribution < 1.29 is 18.3 Å². The lowest BCUT2D eigenvalue weighted by Gasteiger charge is -2.40. The zero-order valence-electron chi connectivity index (χ0n) is 12.2. The van der Waals surface area contributed by atoms with Crippen LogP contribution in [0.15, 0.2) is 29.2 Å². The fourth-order valence-electron chi connectivity index (χ4n) is 2.27. The van der Waals surface area contributed by atoms with Crippen molar-refractivity contribution >= 4 is 10.0 Å². The van der Waals surface area contributed by atoms with E-state index in [0.717, 1.165) is 0 Å². The number of rotatable bonds is 2. The summed E-state index contributed by atoms with van der Waals surface area (Å²) in [5.41, 5.74) is 0.108. The summed E-state index contributed by atoms with van der Waals surface area (Å²) >= 11 is 0. The molecule has 0 atom stereocenters. The van der Waals surface area contributed by atoms with Crippen LogP contribution >= 0.6 is 0 Å². The summed E-state index contributed by atoms with van der Waals surface area (Å²) in [5.74, 6) is 5.27. The topological polar surface area (TPSA) is 66.8 Å². The van der Waals surface area contributed by atoms with Crippen molar-refractivity contribution in [1.82, 2.24) is 4.31 Å². The SMILES string of the molecule is CC1(C)COCCN1S(=O)(=O)c1ccc(C#CCO)cc1. The average molecular weight is 309 g/mol. The molecule has 1 heterocycles. The normalized spacial score (nSPS) is 18.8. The van der Waals surface area contributed by atoms with Gasteiger partial charge in [-0.1, -0.05) is 11.8 Å². The van der Waals surface area contributed by atoms with Crippen LogP contribution in [0.3, 0.4) is 0 Å². The molecule has 2 rings (SSSR count). The van der Waals surface area contributed by atoms with Crippen molar-refractivity contribution in [3.8, 4) is 11.8 Å². The molecule has 114 valence electrons. The summed E-state index contributed by atoms with van der Waals surface area (Å²) in [6.07, 6.45) is 0. The second kappa shape index (κ2) is 6.16. The van der Waals surface area contributed by atoms with Gasteiger partial charge in [0.25, 0.3) is 0 Å². The molecule has 1 aromatic carbocycles. The first-order valence-corrected chi connectivity index (χ1v) is 8.12. The number of nitrogens with zero attached hydrogens (tertiary/aromatic N) is 1. The van der Waals surface area contributed by atoms with E-state index >= 15 is 0 Å². The highest BCUT2D eigenvalue weighted by atomic mass is 32.2. The Labute approximate surface area is 125 Å². The van der Waals surface area contributed by atoms with E-state index < -0.39 is 15.6 Å². The standard InChI is InChI=1S/C15H19NO4S/c1-15(2)12-20-11-9-16(15)21(18,19)14-7-5-13(6-8-14)4-3-10-17/h5-8,17H,9-12H2,1-2H3. The van der Waals surface area contributed by atoms with Crippen LogP contribution in [0, 0.1) is 11.8 Å². The van der Waals surface area contributed by atoms with Crippen LogP contribution < -0.4 is 0 Å². The van der Waals surface area contributed by atoms with E-state index in [4.69, 9.17) is 9.84 Å². The summed E-state index contributed by atoms with van der Waals surface area (Å²) in [6, 6.07) is 6.37. The van der Waals surface area contributed by atoms with E-state index in [1.165, 1.54) is 4.31 Å². The Kier molecular flexibility index (Phi) is 4.69. The summed E-state index contributed by atoms with van der Waals surface area (Å²) < 4.78 is 32.3. The Morgan fingerprint density at radius 3 is 2.57 bits per heavy atom. The van der Waals surface area contributed by atoms with Gasteiger partial charge in [0.1, 0.15) is 6.61 Å². The number of hydrogen-bond donors (Lipinski definition) is 1. The fourth-order valence-corrected chi connectivity index (χ4v) is 4.02. The molecule has 0 aliphatic carbocycles. The van der Waals surface area contributed by atoms with Crippen LogP contribution in [0.1, 0.15) is 19.4 Å². The Morgan fingerprint density at radius 2 is 2.00 bits per heavy atom. The molecule has 0 unspecified atom stereocenters. The Bertz CT molecular complexity index is 653. The highest BCUT2D eigenvalue weighted by Gasteiger charge is 2.39. The van der Waals surface area contributed by atoms with Gasteiger partial charge in [0, 0.05) is 12.1 Å². The molecule has 0 spiro atoms. The maximum absolute atomic E-state index is 12.7. The molecule has 1 aliphatic rings. The molecule has 0 amide bonds. The van der Waals surface area contributed by atoms with E-state index in [0.29, 0.717) is 25.3 Å². The zero-order chi connectivity index (χ0) is 15.5. The molecular formula is C15H19NO4S. The number of aliphatic hydroxyl groups excluding tert-OH is 1. The Morgan fingerprint density at radius 1 is 1.33 bits per heavy atom. The van der Waals surface area contributed by atoms with Crippen LogP contribution in [0.4, 0.5) is 0 Å². The van der Waals surface area contributed by atoms with Crippen molar-refractivity contribution in [2.75, 3.05) is 26.4 Å². The molecule has 0 radical (unpaired) electrons. The van der Waals surface area contributed by atoms with Crippen LogP contribution in [-0.4, -0.2) is 49.7 Å². The number of sulfonamides is 1. The van der Waals surface area contributed by atoms with E-state index in [1.54, 1.807) is 24.3 Å². The lowest BCUT2D eigenvalue weighted by Crippen LogP contribution is -2.55. The van der Waals surface area contributed by atoms with Gasteiger partial charge in [-0.2, -0.15) is 4.31 Å². The van der Waals surface area contributed by atoms with Crippen molar-refractivity contribution in [1.29, 1.82) is 0 Å². The predicted molar refractivity (Wildman–Crippen MR) is 79.2 cm³/mol. The van der Waals surface area contributed by atoms with E-state index in [2.05, 4.69) is 11.8 Å². The molecule has 6 heteroatoms. The quantitative estimate of drug-likeness (QED) is 0.822. The lowest BCUT2D eigenvalue weighted by atomic mass is 10.1. The first-order valence-electron chi connectivity index (χ1n) is 6.68. The van der Waals surface area contributed by atoms with Gasteiger partial charge in [-0.25, -0.2) is 8.42 Å². The van der Waals surface area contributed by atoms with Crippen molar-refractivity contribution in [3.05, 3.63) is 29.8 Å². The third-order valence-corrected chi connectivity index (χ3v) is 5.45. The molecule has 1 aliphatic heterocycles. The second-order valence-corrected chi connectivity index (χ2v) is 7.29. The number of benzene rings is 1. The van der Waals surface area contributed by atoms with Gasteiger partial charge < -0.3 is 9.84 Å². The smallest absolute Gasteiger partial charge is 0.243 e. The number of morpholine rings is 1. The molecule has 0 saturated carbocycles. The number of aliphatic hydroxyl groups is 1. The summed E-state index contributed by atoms with van der Waals surface area (Å²) in [6.45, 7) is 4.62. The maximum atomic E-state index is 12.7. The van der Waals surface area contributed by atoms with Crippen LogP contribution in [0.2, 0.25) is 0 Å². The minimum atomic E-state index is -3.55. The third kappa shape index (κ3) is 3.44. The molecule has 21 heavy (non-hydrogen) atoms. The average Bonchev–Trinajstić information content (AvgIpc) is 2.44. The van der Waals surface area contributed by atoms with Crippen molar-refractivity contribution in [3.63, 3.8) is 0 Å². The highest BCUT2D eigenvalue weighted by Crippen LogP contribution is 2.27. The molecule has 1 saturated heterocycles. The predicted octanol–water partition coefficient (Wildman–Crippen LogP) is 0.830. The van der Waals surface area contributed by atoms with Gasteiger partial charge in [-0.15, -0.1) is 0 Å². The lowest BCUT2D eigenvalue weighted by molar-refractivity contribution is -0.00770. The Balaban J connectivity index is 2.31. The van der Waals surface area contributed by atoms with Crippen LogP contribution in [0.5, 0.6) is 0 Å². The van der Waals surface area contributed by atoms with Crippen molar-refractivity contribution in [2.24, 2.45) is 0 Å². The van der Waals surface area contributed by atoms with E-state index in [9.17, 15) is 8.42 Å². The largest absolute Gasteiger partial charge is 0.384 e.